The average molecular weight is 244 g/mol. The predicted octanol–water partition coefficient (Wildman–Crippen LogP) is 3.52. The zero-order chi connectivity index (χ0) is 12.8. The second-order valence-electron chi connectivity index (χ2n) is 4.53. The van der Waals surface area contributed by atoms with Crippen molar-refractivity contribution in [3.63, 3.8) is 0 Å². The standard InChI is InChI=1S/C15H20N2O/c1-3-8-17-15(13-7-10-18-11-13)12(2)14-6-4-5-9-16-14/h4-7,9-12,15,17H,3,8H2,1-2H3. The van der Waals surface area contributed by atoms with Crippen LogP contribution in [0, 0.1) is 0 Å². The molecule has 2 atom stereocenters. The lowest BCUT2D eigenvalue weighted by Gasteiger charge is -2.23. The highest BCUT2D eigenvalue weighted by atomic mass is 16.3. The van der Waals surface area contributed by atoms with Gasteiger partial charge in [-0.05, 0) is 31.2 Å². The van der Waals surface area contributed by atoms with Crippen LogP contribution in [0.25, 0.3) is 0 Å². The summed E-state index contributed by atoms with van der Waals surface area (Å²) in [6, 6.07) is 8.32. The van der Waals surface area contributed by atoms with Crippen LogP contribution in [0.1, 0.15) is 43.5 Å². The summed E-state index contributed by atoms with van der Waals surface area (Å²) in [5.74, 6) is 0.315. The Morgan fingerprint density at radius 3 is 2.83 bits per heavy atom. The molecule has 3 heteroatoms. The number of nitrogens with one attached hydrogen (secondary N) is 1. The van der Waals surface area contributed by atoms with Crippen LogP contribution >= 0.6 is 0 Å². The molecule has 2 unspecified atom stereocenters. The van der Waals surface area contributed by atoms with E-state index in [1.54, 1.807) is 6.26 Å². The second kappa shape index (κ2) is 6.36. The van der Waals surface area contributed by atoms with Crippen molar-refractivity contribution in [3.05, 3.63) is 54.2 Å². The van der Waals surface area contributed by atoms with Crippen molar-refractivity contribution >= 4 is 0 Å². The number of hydrogen-bond donors (Lipinski definition) is 1. The molecule has 0 aromatic carbocycles. The quantitative estimate of drug-likeness (QED) is 0.845. The van der Waals surface area contributed by atoms with Gasteiger partial charge < -0.3 is 9.73 Å². The third-order valence-electron chi connectivity index (χ3n) is 3.17. The van der Waals surface area contributed by atoms with Crippen LogP contribution in [0.2, 0.25) is 0 Å². The third-order valence-corrected chi connectivity index (χ3v) is 3.17. The third kappa shape index (κ3) is 2.99. The van der Waals surface area contributed by atoms with E-state index in [2.05, 4.69) is 30.2 Å². The average Bonchev–Trinajstić information content (AvgIpc) is 2.94. The maximum atomic E-state index is 5.20. The lowest BCUT2D eigenvalue weighted by atomic mass is 9.93. The van der Waals surface area contributed by atoms with Crippen molar-refractivity contribution in [2.24, 2.45) is 0 Å². The summed E-state index contributed by atoms with van der Waals surface area (Å²) in [5.41, 5.74) is 2.29. The summed E-state index contributed by atoms with van der Waals surface area (Å²) in [6.45, 7) is 5.36. The topological polar surface area (TPSA) is 38.1 Å². The van der Waals surface area contributed by atoms with E-state index in [0.717, 1.165) is 18.7 Å². The molecular weight excluding hydrogens is 224 g/mol. The van der Waals surface area contributed by atoms with Gasteiger partial charge in [-0.15, -0.1) is 0 Å². The number of pyridine rings is 1. The van der Waals surface area contributed by atoms with E-state index in [4.69, 9.17) is 4.42 Å². The maximum Gasteiger partial charge on any atom is 0.0950 e. The molecule has 0 saturated carbocycles. The van der Waals surface area contributed by atoms with Gasteiger partial charge >= 0.3 is 0 Å². The fourth-order valence-electron chi connectivity index (χ4n) is 2.15. The van der Waals surface area contributed by atoms with E-state index >= 15 is 0 Å². The Morgan fingerprint density at radius 2 is 2.22 bits per heavy atom. The van der Waals surface area contributed by atoms with Crippen LogP contribution in [0.4, 0.5) is 0 Å². The molecule has 0 bridgehead atoms. The van der Waals surface area contributed by atoms with Gasteiger partial charge in [-0.2, -0.15) is 0 Å². The van der Waals surface area contributed by atoms with Gasteiger partial charge in [0.2, 0.25) is 0 Å². The summed E-state index contributed by atoms with van der Waals surface area (Å²) in [5, 5.41) is 3.57. The first kappa shape index (κ1) is 12.8. The van der Waals surface area contributed by atoms with Gasteiger partial charge in [-0.3, -0.25) is 4.98 Å². The monoisotopic (exact) mass is 244 g/mol. The number of hydrogen-bond acceptors (Lipinski definition) is 3. The van der Waals surface area contributed by atoms with Crippen LogP contribution in [0.3, 0.4) is 0 Å². The van der Waals surface area contributed by atoms with Crippen LogP contribution < -0.4 is 5.32 Å². The van der Waals surface area contributed by atoms with E-state index in [-0.39, 0.29) is 6.04 Å². The highest BCUT2D eigenvalue weighted by Crippen LogP contribution is 2.29. The molecule has 0 saturated heterocycles. The van der Waals surface area contributed by atoms with Crippen LogP contribution in [0.5, 0.6) is 0 Å². The molecule has 1 N–H and O–H groups in total. The summed E-state index contributed by atoms with van der Waals surface area (Å²) in [6.07, 6.45) is 6.50. The molecule has 2 rings (SSSR count). The Balaban J connectivity index is 2.18. The smallest absolute Gasteiger partial charge is 0.0950 e. The Morgan fingerprint density at radius 1 is 1.33 bits per heavy atom. The van der Waals surface area contributed by atoms with Gasteiger partial charge in [0.15, 0.2) is 0 Å². The van der Waals surface area contributed by atoms with Crippen molar-refractivity contribution in [3.8, 4) is 0 Å². The van der Waals surface area contributed by atoms with Gasteiger partial charge in [0.1, 0.15) is 0 Å². The first-order chi connectivity index (χ1) is 8.83. The number of aromatic nitrogens is 1. The molecule has 0 amide bonds. The zero-order valence-corrected chi connectivity index (χ0v) is 11.0. The molecule has 0 radical (unpaired) electrons. The van der Waals surface area contributed by atoms with E-state index in [1.807, 2.05) is 30.7 Å². The second-order valence-corrected chi connectivity index (χ2v) is 4.53. The molecule has 0 fully saturated rings. The minimum Gasteiger partial charge on any atom is -0.472 e. The number of furan rings is 1. The minimum absolute atomic E-state index is 0.249. The van der Waals surface area contributed by atoms with E-state index < -0.39 is 0 Å². The summed E-state index contributed by atoms with van der Waals surface area (Å²) in [4.78, 5) is 4.45. The van der Waals surface area contributed by atoms with E-state index in [1.165, 1.54) is 5.56 Å². The fourth-order valence-corrected chi connectivity index (χ4v) is 2.15. The van der Waals surface area contributed by atoms with Crippen LogP contribution in [0.15, 0.2) is 47.4 Å². The van der Waals surface area contributed by atoms with Crippen molar-refractivity contribution < 1.29 is 4.42 Å². The summed E-state index contributed by atoms with van der Waals surface area (Å²) < 4.78 is 5.20. The number of rotatable bonds is 6. The lowest BCUT2D eigenvalue weighted by molar-refractivity contribution is 0.453. The Hall–Kier alpha value is -1.61. The highest BCUT2D eigenvalue weighted by molar-refractivity contribution is 5.20. The van der Waals surface area contributed by atoms with Gasteiger partial charge in [0.25, 0.3) is 0 Å². The molecule has 2 heterocycles. The maximum absolute atomic E-state index is 5.20. The fraction of sp³-hybridized carbons (Fsp3) is 0.400. The van der Waals surface area contributed by atoms with E-state index in [0.29, 0.717) is 5.92 Å². The molecule has 96 valence electrons. The van der Waals surface area contributed by atoms with Crippen molar-refractivity contribution in [1.82, 2.24) is 10.3 Å². The van der Waals surface area contributed by atoms with Gasteiger partial charge in [0.05, 0.1) is 12.5 Å². The largest absolute Gasteiger partial charge is 0.472 e. The number of nitrogens with zero attached hydrogens (tertiary/aromatic N) is 1. The first-order valence-electron chi connectivity index (χ1n) is 6.49. The Labute approximate surface area is 108 Å². The zero-order valence-electron chi connectivity index (χ0n) is 11.0. The van der Waals surface area contributed by atoms with Gasteiger partial charge in [-0.1, -0.05) is 19.9 Å². The molecule has 2 aromatic heterocycles. The van der Waals surface area contributed by atoms with Crippen molar-refractivity contribution in [2.75, 3.05) is 6.54 Å². The summed E-state index contributed by atoms with van der Waals surface area (Å²) >= 11 is 0. The molecule has 2 aromatic rings. The normalized spacial score (nSPS) is 14.3. The lowest BCUT2D eigenvalue weighted by Crippen LogP contribution is -2.26. The Kier molecular flexibility index (Phi) is 4.53. The Bertz CT molecular complexity index is 439. The first-order valence-corrected chi connectivity index (χ1v) is 6.49. The SMILES string of the molecule is CCCNC(c1ccoc1)C(C)c1ccccn1. The molecular formula is C15H20N2O. The molecule has 0 aliphatic heterocycles. The summed E-state index contributed by atoms with van der Waals surface area (Å²) in [7, 11) is 0. The van der Waals surface area contributed by atoms with Crippen LogP contribution in [-0.2, 0) is 0 Å². The van der Waals surface area contributed by atoms with Crippen LogP contribution in [-0.4, -0.2) is 11.5 Å². The van der Waals surface area contributed by atoms with Crippen molar-refractivity contribution in [1.29, 1.82) is 0 Å². The molecule has 18 heavy (non-hydrogen) atoms. The van der Waals surface area contributed by atoms with Gasteiger partial charge in [0, 0.05) is 29.4 Å². The molecule has 0 spiro atoms. The van der Waals surface area contributed by atoms with Gasteiger partial charge in [-0.25, -0.2) is 0 Å². The van der Waals surface area contributed by atoms with Crippen molar-refractivity contribution in [2.45, 2.75) is 32.2 Å². The molecule has 0 aliphatic carbocycles. The minimum atomic E-state index is 0.249. The highest BCUT2D eigenvalue weighted by Gasteiger charge is 2.21. The predicted molar refractivity (Wildman–Crippen MR) is 72.4 cm³/mol. The molecule has 3 nitrogen and oxygen atoms in total. The molecule has 0 aliphatic rings. The van der Waals surface area contributed by atoms with E-state index in [9.17, 15) is 0 Å².